The van der Waals surface area contributed by atoms with Crippen LogP contribution in [0.2, 0.25) is 0 Å². The van der Waals surface area contributed by atoms with Crippen LogP contribution in [-0.2, 0) is 14.8 Å². The zero-order valence-electron chi connectivity index (χ0n) is 11.1. The molecular weight excluding hydrogens is 292 g/mol. The second kappa shape index (κ2) is 5.74. The standard InChI is InChI=1S/C12H15F2NO4S/c1-6(7(2)12(16)17)8-4-9(13)11(10(14)5-8)15-20(3,18)19/h4-7,15H,1-3H3,(H,16,17). The summed E-state index contributed by atoms with van der Waals surface area (Å²) in [6.07, 6.45) is 0.773. The van der Waals surface area contributed by atoms with E-state index in [-0.39, 0.29) is 5.56 Å². The van der Waals surface area contributed by atoms with E-state index in [0.29, 0.717) is 0 Å². The summed E-state index contributed by atoms with van der Waals surface area (Å²) < 4.78 is 51.2. The lowest BCUT2D eigenvalue weighted by Crippen LogP contribution is -2.18. The summed E-state index contributed by atoms with van der Waals surface area (Å²) in [5.74, 6) is -4.72. The molecule has 0 fully saturated rings. The molecular formula is C12H15F2NO4S. The van der Waals surface area contributed by atoms with Gasteiger partial charge in [-0.25, -0.2) is 17.2 Å². The first-order chi connectivity index (χ1) is 9.03. The van der Waals surface area contributed by atoms with Crippen LogP contribution in [0.15, 0.2) is 12.1 Å². The number of benzene rings is 1. The normalized spacial score (nSPS) is 14.7. The van der Waals surface area contributed by atoms with Gasteiger partial charge in [0.1, 0.15) is 5.69 Å². The number of carbonyl (C=O) groups is 1. The summed E-state index contributed by atoms with van der Waals surface area (Å²) in [6.45, 7) is 2.95. The van der Waals surface area contributed by atoms with Crippen LogP contribution in [-0.4, -0.2) is 25.7 Å². The fourth-order valence-corrected chi connectivity index (χ4v) is 2.21. The van der Waals surface area contributed by atoms with E-state index >= 15 is 0 Å². The number of hydrogen-bond donors (Lipinski definition) is 2. The van der Waals surface area contributed by atoms with E-state index in [1.165, 1.54) is 13.8 Å². The van der Waals surface area contributed by atoms with Crippen molar-refractivity contribution in [2.75, 3.05) is 11.0 Å². The maximum absolute atomic E-state index is 13.8. The zero-order valence-corrected chi connectivity index (χ0v) is 12.0. The molecule has 0 aliphatic carbocycles. The predicted octanol–water partition coefficient (Wildman–Crippen LogP) is 2.16. The first-order valence-electron chi connectivity index (χ1n) is 5.72. The van der Waals surface area contributed by atoms with E-state index in [9.17, 15) is 22.0 Å². The molecule has 5 nitrogen and oxygen atoms in total. The molecule has 2 unspecified atom stereocenters. The van der Waals surface area contributed by atoms with Gasteiger partial charge in [-0.2, -0.15) is 0 Å². The van der Waals surface area contributed by atoms with E-state index in [2.05, 4.69) is 0 Å². The minimum atomic E-state index is -3.81. The van der Waals surface area contributed by atoms with Gasteiger partial charge >= 0.3 is 5.97 Å². The molecule has 0 bridgehead atoms. The number of carboxylic acids is 1. The van der Waals surface area contributed by atoms with E-state index < -0.39 is 45.2 Å². The van der Waals surface area contributed by atoms with Crippen molar-refractivity contribution >= 4 is 21.7 Å². The Morgan fingerprint density at radius 2 is 1.70 bits per heavy atom. The lowest BCUT2D eigenvalue weighted by molar-refractivity contribution is -0.141. The third kappa shape index (κ3) is 3.89. The summed E-state index contributed by atoms with van der Waals surface area (Å²) >= 11 is 0. The van der Waals surface area contributed by atoms with Crippen molar-refractivity contribution in [2.45, 2.75) is 19.8 Å². The molecule has 2 N–H and O–H groups in total. The number of carboxylic acid groups (broad SMARTS) is 1. The van der Waals surface area contributed by atoms with E-state index in [4.69, 9.17) is 5.11 Å². The number of rotatable bonds is 5. The second-order valence-corrected chi connectivity index (χ2v) is 6.40. The minimum absolute atomic E-state index is 0.147. The largest absolute Gasteiger partial charge is 0.481 e. The first kappa shape index (κ1) is 16.4. The number of anilines is 1. The van der Waals surface area contributed by atoms with Crippen molar-refractivity contribution in [2.24, 2.45) is 5.92 Å². The number of nitrogens with one attached hydrogen (secondary N) is 1. The van der Waals surface area contributed by atoms with Crippen LogP contribution in [0.1, 0.15) is 25.3 Å². The van der Waals surface area contributed by atoms with Crippen molar-refractivity contribution in [1.29, 1.82) is 0 Å². The Labute approximate surface area is 115 Å². The SMILES string of the molecule is CC(C(=O)O)C(C)c1cc(F)c(NS(C)(=O)=O)c(F)c1. The number of aliphatic carboxylic acids is 1. The Balaban J connectivity index is 3.20. The van der Waals surface area contributed by atoms with Crippen molar-refractivity contribution in [1.82, 2.24) is 0 Å². The van der Waals surface area contributed by atoms with Gasteiger partial charge in [-0.1, -0.05) is 13.8 Å². The highest BCUT2D eigenvalue weighted by Crippen LogP contribution is 2.29. The molecule has 2 atom stereocenters. The van der Waals surface area contributed by atoms with Gasteiger partial charge in [0, 0.05) is 0 Å². The van der Waals surface area contributed by atoms with Gasteiger partial charge in [0.25, 0.3) is 0 Å². The van der Waals surface area contributed by atoms with Crippen LogP contribution in [0.4, 0.5) is 14.5 Å². The molecule has 0 radical (unpaired) electrons. The highest BCUT2D eigenvalue weighted by Gasteiger charge is 2.24. The molecule has 0 aliphatic rings. The number of sulfonamides is 1. The van der Waals surface area contributed by atoms with E-state index in [1.807, 2.05) is 0 Å². The highest BCUT2D eigenvalue weighted by molar-refractivity contribution is 7.92. The maximum Gasteiger partial charge on any atom is 0.306 e. The van der Waals surface area contributed by atoms with Crippen molar-refractivity contribution in [3.05, 3.63) is 29.3 Å². The summed E-state index contributed by atoms with van der Waals surface area (Å²) in [4.78, 5) is 10.9. The molecule has 8 heteroatoms. The van der Waals surface area contributed by atoms with Gasteiger partial charge in [0.2, 0.25) is 10.0 Å². The van der Waals surface area contributed by atoms with Crippen molar-refractivity contribution in [3.63, 3.8) is 0 Å². The minimum Gasteiger partial charge on any atom is -0.481 e. The van der Waals surface area contributed by atoms with Crippen LogP contribution in [0.25, 0.3) is 0 Å². The topological polar surface area (TPSA) is 83.5 Å². The molecule has 0 aliphatic heterocycles. The molecule has 20 heavy (non-hydrogen) atoms. The van der Waals surface area contributed by atoms with E-state index in [0.717, 1.165) is 18.4 Å². The quantitative estimate of drug-likeness (QED) is 0.873. The third-order valence-electron chi connectivity index (χ3n) is 3.02. The lowest BCUT2D eigenvalue weighted by Gasteiger charge is -2.17. The van der Waals surface area contributed by atoms with Crippen molar-refractivity contribution < 1.29 is 27.1 Å². The molecule has 0 heterocycles. The van der Waals surface area contributed by atoms with Gasteiger partial charge in [-0.15, -0.1) is 0 Å². The molecule has 112 valence electrons. The summed E-state index contributed by atoms with van der Waals surface area (Å²) in [7, 11) is -3.81. The molecule has 0 amide bonds. The van der Waals surface area contributed by atoms with Gasteiger partial charge in [-0.05, 0) is 23.6 Å². The highest BCUT2D eigenvalue weighted by atomic mass is 32.2. The third-order valence-corrected chi connectivity index (χ3v) is 3.59. The summed E-state index contributed by atoms with van der Waals surface area (Å²) in [6, 6.07) is 1.86. The predicted molar refractivity (Wildman–Crippen MR) is 70.0 cm³/mol. The fourth-order valence-electron chi connectivity index (χ4n) is 1.64. The molecule has 0 saturated carbocycles. The maximum atomic E-state index is 13.8. The van der Waals surface area contributed by atoms with E-state index in [1.54, 1.807) is 4.72 Å². The number of hydrogen-bond acceptors (Lipinski definition) is 3. The van der Waals surface area contributed by atoms with Crippen LogP contribution < -0.4 is 4.72 Å². The Morgan fingerprint density at radius 3 is 2.05 bits per heavy atom. The Kier molecular flexibility index (Phi) is 4.69. The van der Waals surface area contributed by atoms with Crippen LogP contribution in [0.5, 0.6) is 0 Å². The zero-order chi connectivity index (χ0) is 15.7. The smallest absolute Gasteiger partial charge is 0.306 e. The summed E-state index contributed by atoms with van der Waals surface area (Å²) in [5.41, 5.74) is -0.625. The Morgan fingerprint density at radius 1 is 1.25 bits per heavy atom. The van der Waals surface area contributed by atoms with Gasteiger partial charge in [-0.3, -0.25) is 9.52 Å². The first-order valence-corrected chi connectivity index (χ1v) is 7.61. The summed E-state index contributed by atoms with van der Waals surface area (Å²) in [5, 5.41) is 8.88. The number of halogens is 2. The molecule has 0 aromatic heterocycles. The average Bonchev–Trinajstić information content (AvgIpc) is 2.30. The molecule has 1 rings (SSSR count). The van der Waals surface area contributed by atoms with Crippen LogP contribution >= 0.6 is 0 Å². The van der Waals surface area contributed by atoms with Gasteiger partial charge in [0.15, 0.2) is 11.6 Å². The molecule has 0 saturated heterocycles. The van der Waals surface area contributed by atoms with Gasteiger partial charge < -0.3 is 5.11 Å². The van der Waals surface area contributed by atoms with Crippen molar-refractivity contribution in [3.8, 4) is 0 Å². The molecule has 1 aromatic rings. The Bertz CT molecular complexity index is 607. The van der Waals surface area contributed by atoms with Crippen LogP contribution in [0, 0.1) is 17.6 Å². The fraction of sp³-hybridized carbons (Fsp3) is 0.417. The lowest BCUT2D eigenvalue weighted by atomic mass is 9.89. The van der Waals surface area contributed by atoms with Gasteiger partial charge in [0.05, 0.1) is 12.2 Å². The monoisotopic (exact) mass is 307 g/mol. The Hall–Kier alpha value is -1.70. The molecule has 1 aromatic carbocycles. The second-order valence-electron chi connectivity index (χ2n) is 4.65. The molecule has 0 spiro atoms. The average molecular weight is 307 g/mol. The van der Waals surface area contributed by atoms with Crippen LogP contribution in [0.3, 0.4) is 0 Å².